The Hall–Kier alpha value is -2.78. The first kappa shape index (κ1) is 20.0. The molecule has 0 N–H and O–H groups in total. The van der Waals surface area contributed by atoms with Gasteiger partial charge in [-0.25, -0.2) is 4.99 Å². The van der Waals surface area contributed by atoms with E-state index in [9.17, 15) is 0 Å². The number of thioether (sulfide) groups is 1. The second-order valence-corrected chi connectivity index (χ2v) is 7.87. The standard InChI is InChI=1S/C25H25NOS/c1-19(2)21-14-16-22(17-15-21)26-25(28-24-12-8-5-9-13-24)20(3)18-27-23-10-6-4-7-11-23/h4-19H,1-3H3/b20-18+,26-25+. The highest BCUT2D eigenvalue weighted by Crippen LogP contribution is 2.27. The lowest BCUT2D eigenvalue weighted by atomic mass is 10.0. The van der Waals surface area contributed by atoms with Crippen LogP contribution in [0.1, 0.15) is 32.3 Å². The number of para-hydroxylation sites is 1. The lowest BCUT2D eigenvalue weighted by Gasteiger charge is -2.09. The second-order valence-electron chi connectivity index (χ2n) is 6.81. The minimum atomic E-state index is 0.511. The summed E-state index contributed by atoms with van der Waals surface area (Å²) < 4.78 is 5.82. The first-order chi connectivity index (χ1) is 13.6. The van der Waals surface area contributed by atoms with E-state index in [0.29, 0.717) is 5.92 Å². The van der Waals surface area contributed by atoms with E-state index < -0.39 is 0 Å². The fraction of sp³-hybridized carbons (Fsp3) is 0.160. The molecule has 0 atom stereocenters. The average Bonchev–Trinajstić information content (AvgIpc) is 2.73. The molecule has 0 aliphatic rings. The SMILES string of the molecule is CC(=C\Oc1ccccc1)/C(=N\c1ccc(C(C)C)cc1)Sc1ccccc1. The molecule has 0 unspecified atom stereocenters. The maximum atomic E-state index is 5.82. The van der Waals surface area contributed by atoms with Gasteiger partial charge in [0.15, 0.2) is 0 Å². The van der Waals surface area contributed by atoms with Crippen LogP contribution < -0.4 is 4.74 Å². The summed E-state index contributed by atoms with van der Waals surface area (Å²) in [6.45, 7) is 6.42. The highest BCUT2D eigenvalue weighted by atomic mass is 32.2. The summed E-state index contributed by atoms with van der Waals surface area (Å²) in [5, 5.41) is 0.916. The van der Waals surface area contributed by atoms with E-state index >= 15 is 0 Å². The van der Waals surface area contributed by atoms with Crippen LogP contribution in [0, 0.1) is 0 Å². The molecule has 3 heteroatoms. The molecule has 0 aromatic heterocycles. The predicted molar refractivity (Wildman–Crippen MR) is 121 cm³/mol. The largest absolute Gasteiger partial charge is 0.465 e. The van der Waals surface area contributed by atoms with Crippen LogP contribution in [0.25, 0.3) is 0 Å². The third-order valence-corrected chi connectivity index (χ3v) is 5.31. The number of hydrogen-bond acceptors (Lipinski definition) is 3. The molecule has 0 bridgehead atoms. The van der Waals surface area contributed by atoms with Gasteiger partial charge in [-0.2, -0.15) is 0 Å². The van der Waals surface area contributed by atoms with Gasteiger partial charge in [0.25, 0.3) is 0 Å². The smallest absolute Gasteiger partial charge is 0.126 e. The molecule has 0 radical (unpaired) electrons. The fourth-order valence-corrected chi connectivity index (χ4v) is 3.43. The van der Waals surface area contributed by atoms with Crippen molar-refractivity contribution >= 4 is 22.5 Å². The maximum Gasteiger partial charge on any atom is 0.126 e. The molecule has 0 saturated carbocycles. The molecule has 3 aromatic carbocycles. The fourth-order valence-electron chi connectivity index (χ4n) is 2.55. The van der Waals surface area contributed by atoms with Crippen molar-refractivity contribution < 1.29 is 4.74 Å². The van der Waals surface area contributed by atoms with Gasteiger partial charge in [0.1, 0.15) is 10.8 Å². The summed E-state index contributed by atoms with van der Waals surface area (Å²) in [5.74, 6) is 1.32. The first-order valence-corrected chi connectivity index (χ1v) is 10.2. The quantitative estimate of drug-likeness (QED) is 0.188. The van der Waals surface area contributed by atoms with Crippen LogP contribution in [0.4, 0.5) is 5.69 Å². The summed E-state index contributed by atoms with van der Waals surface area (Å²) in [7, 11) is 0. The highest BCUT2D eigenvalue weighted by molar-refractivity contribution is 8.14. The Morgan fingerprint density at radius 3 is 2.07 bits per heavy atom. The van der Waals surface area contributed by atoms with Gasteiger partial charge in [-0.15, -0.1) is 0 Å². The minimum Gasteiger partial charge on any atom is -0.465 e. The number of hydrogen-bond donors (Lipinski definition) is 0. The van der Waals surface area contributed by atoms with Crippen molar-refractivity contribution in [3.8, 4) is 5.75 Å². The number of nitrogens with zero attached hydrogens (tertiary/aromatic N) is 1. The van der Waals surface area contributed by atoms with Crippen LogP contribution in [0.15, 0.2) is 107 Å². The summed E-state index contributed by atoms with van der Waals surface area (Å²) in [6.07, 6.45) is 1.77. The second kappa shape index (κ2) is 9.95. The molecule has 0 heterocycles. The molecule has 3 rings (SSSR count). The Labute approximate surface area is 172 Å². The number of aliphatic imine (C=N–C) groups is 1. The van der Waals surface area contributed by atoms with E-state index in [-0.39, 0.29) is 0 Å². The van der Waals surface area contributed by atoms with Crippen molar-refractivity contribution in [3.63, 3.8) is 0 Å². The van der Waals surface area contributed by atoms with E-state index in [4.69, 9.17) is 9.73 Å². The van der Waals surface area contributed by atoms with Gasteiger partial charge < -0.3 is 4.74 Å². The number of benzene rings is 3. The topological polar surface area (TPSA) is 21.6 Å². The maximum absolute atomic E-state index is 5.82. The highest BCUT2D eigenvalue weighted by Gasteiger charge is 2.08. The molecule has 0 amide bonds. The summed E-state index contributed by atoms with van der Waals surface area (Å²) >= 11 is 1.64. The zero-order chi connectivity index (χ0) is 19.8. The number of ether oxygens (including phenoxy) is 1. The average molecular weight is 388 g/mol. The van der Waals surface area contributed by atoms with Gasteiger partial charge in [0.2, 0.25) is 0 Å². The van der Waals surface area contributed by atoms with Gasteiger partial charge in [0.05, 0.1) is 11.9 Å². The van der Waals surface area contributed by atoms with Crippen LogP contribution in [0.3, 0.4) is 0 Å². The van der Waals surface area contributed by atoms with Crippen molar-refractivity contribution in [1.82, 2.24) is 0 Å². The predicted octanol–water partition coefficient (Wildman–Crippen LogP) is 7.62. The number of rotatable bonds is 6. The summed E-state index contributed by atoms with van der Waals surface area (Å²) in [6, 6.07) is 28.5. The summed E-state index contributed by atoms with van der Waals surface area (Å²) in [4.78, 5) is 6.04. The Balaban J connectivity index is 1.87. The van der Waals surface area contributed by atoms with Crippen LogP contribution in [-0.2, 0) is 0 Å². The van der Waals surface area contributed by atoms with Gasteiger partial charge >= 0.3 is 0 Å². The Kier molecular flexibility index (Phi) is 7.10. The molecule has 2 nitrogen and oxygen atoms in total. The first-order valence-electron chi connectivity index (χ1n) is 9.42. The summed E-state index contributed by atoms with van der Waals surface area (Å²) in [5.41, 5.74) is 3.23. The Morgan fingerprint density at radius 1 is 0.857 bits per heavy atom. The van der Waals surface area contributed by atoms with E-state index in [1.54, 1.807) is 18.0 Å². The zero-order valence-electron chi connectivity index (χ0n) is 16.5. The van der Waals surface area contributed by atoms with Gasteiger partial charge in [0, 0.05) is 10.5 Å². The Morgan fingerprint density at radius 2 is 1.46 bits per heavy atom. The van der Waals surface area contributed by atoms with Crippen molar-refractivity contribution in [2.45, 2.75) is 31.6 Å². The third-order valence-electron chi connectivity index (χ3n) is 4.20. The van der Waals surface area contributed by atoms with Crippen LogP contribution in [0.5, 0.6) is 5.75 Å². The van der Waals surface area contributed by atoms with Crippen molar-refractivity contribution in [1.29, 1.82) is 0 Å². The Bertz CT molecular complexity index is 929. The molecular weight excluding hydrogens is 362 g/mol. The normalized spacial score (nSPS) is 12.3. The monoisotopic (exact) mass is 387 g/mol. The van der Waals surface area contributed by atoms with Crippen LogP contribution in [-0.4, -0.2) is 5.04 Å². The van der Waals surface area contributed by atoms with Crippen LogP contribution >= 0.6 is 11.8 Å². The van der Waals surface area contributed by atoms with E-state index in [1.165, 1.54) is 5.56 Å². The molecule has 142 valence electrons. The molecule has 0 fully saturated rings. The molecule has 0 aliphatic carbocycles. The molecule has 0 spiro atoms. The lowest BCUT2D eigenvalue weighted by Crippen LogP contribution is -1.97. The molecule has 3 aromatic rings. The van der Waals surface area contributed by atoms with E-state index in [2.05, 4.69) is 50.2 Å². The van der Waals surface area contributed by atoms with Gasteiger partial charge in [-0.05, 0) is 54.8 Å². The van der Waals surface area contributed by atoms with Gasteiger partial charge in [-0.3, -0.25) is 0 Å². The van der Waals surface area contributed by atoms with Crippen molar-refractivity contribution in [3.05, 3.63) is 102 Å². The van der Waals surface area contributed by atoms with Crippen molar-refractivity contribution in [2.24, 2.45) is 4.99 Å². The third kappa shape index (κ3) is 5.86. The molecular formula is C25H25NOS. The van der Waals surface area contributed by atoms with E-state index in [0.717, 1.165) is 26.9 Å². The molecule has 0 saturated heterocycles. The zero-order valence-corrected chi connectivity index (χ0v) is 17.3. The van der Waals surface area contributed by atoms with E-state index in [1.807, 2.05) is 55.5 Å². The van der Waals surface area contributed by atoms with Crippen LogP contribution in [0.2, 0.25) is 0 Å². The minimum absolute atomic E-state index is 0.511. The molecule has 0 aliphatic heterocycles. The molecule has 28 heavy (non-hydrogen) atoms. The van der Waals surface area contributed by atoms with Gasteiger partial charge in [-0.1, -0.05) is 74.1 Å². The van der Waals surface area contributed by atoms with Crippen molar-refractivity contribution in [2.75, 3.05) is 0 Å². The lowest BCUT2D eigenvalue weighted by molar-refractivity contribution is 0.478.